The van der Waals surface area contributed by atoms with Crippen molar-refractivity contribution in [2.24, 2.45) is 0 Å². The van der Waals surface area contributed by atoms with Crippen LogP contribution in [0, 0.1) is 0 Å². The molecule has 0 aliphatic heterocycles. The van der Waals surface area contributed by atoms with Gasteiger partial charge in [0, 0.05) is 5.25 Å². The number of aliphatic hydroxyl groups is 1. The molecule has 0 heterocycles. The van der Waals surface area contributed by atoms with Crippen LogP contribution in [0.25, 0.3) is 0 Å². The van der Waals surface area contributed by atoms with Crippen molar-refractivity contribution < 1.29 is 14.6 Å². The maximum atomic E-state index is 11.6. The first-order valence-corrected chi connectivity index (χ1v) is 6.14. The molecule has 0 rings (SSSR count). The largest absolute Gasteiger partial charge is 0.459 e. The normalized spacial score (nSPS) is 18.1. The molecule has 3 nitrogen and oxygen atoms in total. The average molecular weight is 234 g/mol. The maximum Gasteiger partial charge on any atom is 0.319 e. The Kier molecular flexibility index (Phi) is 5.67. The third-order valence-corrected chi connectivity index (χ3v) is 3.26. The van der Waals surface area contributed by atoms with Gasteiger partial charge >= 0.3 is 5.97 Å². The summed E-state index contributed by atoms with van der Waals surface area (Å²) in [7, 11) is 0. The number of esters is 1. The zero-order valence-corrected chi connectivity index (χ0v) is 11.2. The molecule has 15 heavy (non-hydrogen) atoms. The lowest BCUT2D eigenvalue weighted by molar-refractivity contribution is -0.153. The second-order valence-corrected chi connectivity index (χ2v) is 6.48. The Labute approximate surface area is 96.6 Å². The second-order valence-electron chi connectivity index (χ2n) is 4.76. The second kappa shape index (κ2) is 5.75. The lowest BCUT2D eigenvalue weighted by Crippen LogP contribution is -2.30. The van der Waals surface area contributed by atoms with Gasteiger partial charge in [0.05, 0.1) is 11.4 Å². The molecule has 0 aromatic heterocycles. The van der Waals surface area contributed by atoms with Gasteiger partial charge in [-0.1, -0.05) is 6.92 Å². The van der Waals surface area contributed by atoms with E-state index >= 15 is 0 Å². The molecule has 3 unspecified atom stereocenters. The van der Waals surface area contributed by atoms with Crippen LogP contribution in [-0.4, -0.2) is 33.3 Å². The van der Waals surface area contributed by atoms with E-state index in [0.29, 0.717) is 0 Å². The van der Waals surface area contributed by atoms with Crippen molar-refractivity contribution in [1.82, 2.24) is 0 Å². The van der Waals surface area contributed by atoms with Crippen molar-refractivity contribution in [2.75, 3.05) is 0 Å². The van der Waals surface area contributed by atoms with E-state index in [2.05, 4.69) is 0 Å². The number of rotatable bonds is 4. The first kappa shape index (κ1) is 14.8. The van der Waals surface area contributed by atoms with E-state index in [0.717, 1.165) is 0 Å². The fraction of sp³-hybridized carbons (Fsp3) is 0.909. The van der Waals surface area contributed by atoms with Gasteiger partial charge in [0.2, 0.25) is 0 Å². The lowest BCUT2D eigenvalue weighted by atomic mass is 10.2. The van der Waals surface area contributed by atoms with Crippen LogP contribution in [0.4, 0.5) is 0 Å². The summed E-state index contributed by atoms with van der Waals surface area (Å²) in [6, 6.07) is 0. The number of aliphatic hydroxyl groups excluding tert-OH is 1. The number of carbonyl (C=O) groups is 1. The molecule has 90 valence electrons. The van der Waals surface area contributed by atoms with E-state index in [4.69, 9.17) is 4.74 Å². The van der Waals surface area contributed by atoms with Gasteiger partial charge in [-0.15, -0.1) is 11.8 Å². The molecule has 0 amide bonds. The van der Waals surface area contributed by atoms with Gasteiger partial charge in [0.25, 0.3) is 0 Å². The van der Waals surface area contributed by atoms with Gasteiger partial charge in [0.15, 0.2) is 0 Å². The van der Waals surface area contributed by atoms with Gasteiger partial charge in [-0.25, -0.2) is 0 Å². The zero-order chi connectivity index (χ0) is 12.2. The highest BCUT2D eigenvalue weighted by molar-refractivity contribution is 8.01. The summed E-state index contributed by atoms with van der Waals surface area (Å²) < 4.78 is 5.24. The van der Waals surface area contributed by atoms with Crippen molar-refractivity contribution in [3.05, 3.63) is 0 Å². The highest BCUT2D eigenvalue weighted by Gasteiger charge is 2.24. The summed E-state index contributed by atoms with van der Waals surface area (Å²) in [5, 5.41) is 9.10. The lowest BCUT2D eigenvalue weighted by Gasteiger charge is -2.24. The average Bonchev–Trinajstić information content (AvgIpc) is 2.00. The Morgan fingerprint density at radius 2 is 1.73 bits per heavy atom. The zero-order valence-electron chi connectivity index (χ0n) is 10.4. The van der Waals surface area contributed by atoms with E-state index in [-0.39, 0.29) is 16.5 Å². The summed E-state index contributed by atoms with van der Waals surface area (Å²) in [5.41, 5.74) is -0.444. The first-order chi connectivity index (χ1) is 6.63. The topological polar surface area (TPSA) is 46.5 Å². The molecular weight excluding hydrogens is 212 g/mol. The smallest absolute Gasteiger partial charge is 0.319 e. The molecule has 0 aliphatic rings. The molecule has 0 radical (unpaired) electrons. The van der Waals surface area contributed by atoms with Gasteiger partial charge < -0.3 is 9.84 Å². The molecule has 0 bridgehead atoms. The third-order valence-electron chi connectivity index (χ3n) is 1.84. The fourth-order valence-corrected chi connectivity index (χ4v) is 1.91. The Bertz CT molecular complexity index is 208. The Morgan fingerprint density at radius 3 is 2.07 bits per heavy atom. The molecule has 0 saturated heterocycles. The minimum Gasteiger partial charge on any atom is -0.459 e. The molecule has 3 atom stereocenters. The van der Waals surface area contributed by atoms with E-state index < -0.39 is 11.7 Å². The summed E-state index contributed by atoms with van der Waals surface area (Å²) >= 11 is 1.43. The highest BCUT2D eigenvalue weighted by atomic mass is 32.2. The monoisotopic (exact) mass is 234 g/mol. The van der Waals surface area contributed by atoms with Crippen molar-refractivity contribution in [2.45, 2.75) is 63.7 Å². The SMILES string of the molecule is CC(SC(C)C(C)O)C(=O)OC(C)(C)C. The number of ether oxygens (including phenoxy) is 1. The van der Waals surface area contributed by atoms with Crippen molar-refractivity contribution in [3.8, 4) is 0 Å². The molecule has 0 aromatic carbocycles. The molecule has 0 saturated carbocycles. The predicted octanol–water partition coefficient (Wildman–Crippen LogP) is 2.22. The molecule has 0 fully saturated rings. The standard InChI is InChI=1S/C11H22O3S/c1-7(12)8(2)15-9(3)10(13)14-11(4,5)6/h7-9,12H,1-6H3. The Hall–Kier alpha value is -0.220. The van der Waals surface area contributed by atoms with Crippen molar-refractivity contribution >= 4 is 17.7 Å². The van der Waals surface area contributed by atoms with Crippen LogP contribution >= 0.6 is 11.8 Å². The third kappa shape index (κ3) is 6.79. The van der Waals surface area contributed by atoms with E-state index in [1.165, 1.54) is 11.8 Å². The van der Waals surface area contributed by atoms with Crippen LogP contribution in [-0.2, 0) is 9.53 Å². The molecule has 0 aromatic rings. The number of hydrogen-bond acceptors (Lipinski definition) is 4. The molecule has 4 heteroatoms. The van der Waals surface area contributed by atoms with Crippen LogP contribution in [0.15, 0.2) is 0 Å². The van der Waals surface area contributed by atoms with Crippen LogP contribution in [0.3, 0.4) is 0 Å². The molecule has 1 N–H and O–H groups in total. The fourth-order valence-electron chi connectivity index (χ4n) is 0.876. The van der Waals surface area contributed by atoms with Crippen molar-refractivity contribution in [3.63, 3.8) is 0 Å². The Morgan fingerprint density at radius 1 is 1.27 bits per heavy atom. The number of hydrogen-bond donors (Lipinski definition) is 1. The van der Waals surface area contributed by atoms with E-state index in [1.54, 1.807) is 13.8 Å². The summed E-state index contributed by atoms with van der Waals surface area (Å²) in [4.78, 5) is 11.6. The molecular formula is C11H22O3S. The summed E-state index contributed by atoms with van der Waals surface area (Å²) in [6.45, 7) is 11.0. The van der Waals surface area contributed by atoms with Gasteiger partial charge in [-0.05, 0) is 34.6 Å². The van der Waals surface area contributed by atoms with Crippen LogP contribution < -0.4 is 0 Å². The minimum atomic E-state index is -0.444. The number of thioether (sulfide) groups is 1. The molecule has 0 aliphatic carbocycles. The van der Waals surface area contributed by atoms with Gasteiger partial charge in [-0.3, -0.25) is 4.79 Å². The molecule has 0 spiro atoms. The summed E-state index contributed by atoms with van der Waals surface area (Å²) in [5.74, 6) is -0.222. The number of carbonyl (C=O) groups excluding carboxylic acids is 1. The Balaban J connectivity index is 4.11. The van der Waals surface area contributed by atoms with Crippen LogP contribution in [0.2, 0.25) is 0 Å². The quantitative estimate of drug-likeness (QED) is 0.758. The highest BCUT2D eigenvalue weighted by Crippen LogP contribution is 2.22. The van der Waals surface area contributed by atoms with E-state index in [9.17, 15) is 9.90 Å². The maximum absolute atomic E-state index is 11.6. The van der Waals surface area contributed by atoms with Gasteiger partial charge in [-0.2, -0.15) is 0 Å². The van der Waals surface area contributed by atoms with Crippen LogP contribution in [0.5, 0.6) is 0 Å². The van der Waals surface area contributed by atoms with Gasteiger partial charge in [0.1, 0.15) is 5.60 Å². The minimum absolute atomic E-state index is 0.0347. The van der Waals surface area contributed by atoms with Crippen LogP contribution in [0.1, 0.15) is 41.5 Å². The van der Waals surface area contributed by atoms with E-state index in [1.807, 2.05) is 27.7 Å². The summed E-state index contributed by atoms with van der Waals surface area (Å²) in [6.07, 6.45) is -0.417. The van der Waals surface area contributed by atoms with Crippen molar-refractivity contribution in [1.29, 1.82) is 0 Å². The predicted molar refractivity (Wildman–Crippen MR) is 64.0 cm³/mol. The first-order valence-electron chi connectivity index (χ1n) is 5.20.